The van der Waals surface area contributed by atoms with Gasteiger partial charge in [0.2, 0.25) is 0 Å². The van der Waals surface area contributed by atoms with E-state index in [2.05, 4.69) is 4.90 Å². The molecule has 0 aromatic heterocycles. The van der Waals surface area contributed by atoms with Gasteiger partial charge in [0.15, 0.2) is 0 Å². The van der Waals surface area contributed by atoms with Gasteiger partial charge in [0, 0.05) is 13.2 Å². The third-order valence-electron chi connectivity index (χ3n) is 3.19. The van der Waals surface area contributed by atoms with Gasteiger partial charge in [-0.15, -0.1) is 0 Å². The minimum Gasteiger partial charge on any atom is -0.469 e. The minimum absolute atomic E-state index is 0.0492. The molecule has 1 atom stereocenters. The van der Waals surface area contributed by atoms with Crippen LogP contribution >= 0.6 is 0 Å². The summed E-state index contributed by atoms with van der Waals surface area (Å²) in [4.78, 5) is 13.8. The molecule has 1 heterocycles. The maximum absolute atomic E-state index is 11.5. The van der Waals surface area contributed by atoms with E-state index in [1.165, 1.54) is 32.8 Å². The van der Waals surface area contributed by atoms with Gasteiger partial charge in [-0.05, 0) is 32.4 Å². The highest BCUT2D eigenvalue weighted by Gasteiger charge is 2.22. The van der Waals surface area contributed by atoms with Crippen molar-refractivity contribution in [3.05, 3.63) is 0 Å². The maximum Gasteiger partial charge on any atom is 0.310 e. The predicted molar refractivity (Wildman–Crippen MR) is 62.1 cm³/mol. The van der Waals surface area contributed by atoms with Crippen molar-refractivity contribution < 1.29 is 14.6 Å². The van der Waals surface area contributed by atoms with Crippen LogP contribution in [0.2, 0.25) is 0 Å². The molecule has 0 spiro atoms. The van der Waals surface area contributed by atoms with E-state index < -0.39 is 0 Å². The second kappa shape index (κ2) is 7.63. The average molecular weight is 229 g/mol. The van der Waals surface area contributed by atoms with E-state index in [1.54, 1.807) is 0 Å². The van der Waals surface area contributed by atoms with E-state index in [4.69, 9.17) is 9.84 Å². The fourth-order valence-corrected chi connectivity index (χ4v) is 2.24. The molecule has 0 bridgehead atoms. The van der Waals surface area contributed by atoms with E-state index in [9.17, 15) is 4.79 Å². The first kappa shape index (κ1) is 13.5. The smallest absolute Gasteiger partial charge is 0.310 e. The molecule has 94 valence electrons. The van der Waals surface area contributed by atoms with Crippen molar-refractivity contribution in [2.75, 3.05) is 33.4 Å². The molecular weight excluding hydrogens is 206 g/mol. The zero-order valence-electron chi connectivity index (χ0n) is 10.2. The Morgan fingerprint density at radius 1 is 1.31 bits per heavy atom. The second-order valence-electron chi connectivity index (χ2n) is 4.45. The summed E-state index contributed by atoms with van der Waals surface area (Å²) in [6, 6.07) is 0. The highest BCUT2D eigenvalue weighted by molar-refractivity contribution is 5.72. The first-order valence-electron chi connectivity index (χ1n) is 6.19. The zero-order chi connectivity index (χ0) is 11.8. The molecule has 1 aliphatic heterocycles. The number of esters is 1. The number of aliphatic hydroxyl groups is 1. The second-order valence-corrected chi connectivity index (χ2v) is 4.45. The molecule has 4 heteroatoms. The molecule has 1 fully saturated rings. The molecule has 1 N–H and O–H groups in total. The number of carbonyl (C=O) groups excluding carboxylic acids is 1. The van der Waals surface area contributed by atoms with Crippen LogP contribution in [0.3, 0.4) is 0 Å². The third-order valence-corrected chi connectivity index (χ3v) is 3.19. The SMILES string of the molecule is COC(=O)C(CCO)CN1CCCCCC1. The minimum atomic E-state index is -0.196. The fourth-order valence-electron chi connectivity index (χ4n) is 2.24. The summed E-state index contributed by atoms with van der Waals surface area (Å²) in [5.41, 5.74) is 0. The summed E-state index contributed by atoms with van der Waals surface area (Å²) < 4.78 is 4.76. The summed E-state index contributed by atoms with van der Waals surface area (Å²) in [7, 11) is 1.41. The highest BCUT2D eigenvalue weighted by Crippen LogP contribution is 2.14. The number of rotatable bonds is 5. The summed E-state index contributed by atoms with van der Waals surface area (Å²) in [6.07, 6.45) is 5.52. The van der Waals surface area contributed by atoms with Crippen molar-refractivity contribution in [3.8, 4) is 0 Å². The molecular formula is C12H23NO3. The topological polar surface area (TPSA) is 49.8 Å². The molecule has 1 saturated heterocycles. The molecule has 16 heavy (non-hydrogen) atoms. The number of ether oxygens (including phenoxy) is 1. The highest BCUT2D eigenvalue weighted by atomic mass is 16.5. The van der Waals surface area contributed by atoms with Gasteiger partial charge in [-0.25, -0.2) is 0 Å². The van der Waals surface area contributed by atoms with E-state index in [-0.39, 0.29) is 18.5 Å². The average Bonchev–Trinajstić information content (AvgIpc) is 2.56. The third kappa shape index (κ3) is 4.49. The standard InChI is InChI=1S/C12H23NO3/c1-16-12(15)11(6-9-14)10-13-7-4-2-3-5-8-13/h11,14H,2-10H2,1H3. The Morgan fingerprint density at radius 3 is 2.44 bits per heavy atom. The predicted octanol–water partition coefficient (Wildman–Crippen LogP) is 1.03. The molecule has 1 aliphatic rings. The van der Waals surface area contributed by atoms with Gasteiger partial charge in [0.05, 0.1) is 13.0 Å². The van der Waals surface area contributed by atoms with E-state index in [0.717, 1.165) is 19.6 Å². The van der Waals surface area contributed by atoms with Gasteiger partial charge < -0.3 is 14.7 Å². The van der Waals surface area contributed by atoms with Gasteiger partial charge in [-0.3, -0.25) is 4.79 Å². The maximum atomic E-state index is 11.5. The Morgan fingerprint density at radius 2 is 1.94 bits per heavy atom. The molecule has 0 aromatic rings. The van der Waals surface area contributed by atoms with Crippen molar-refractivity contribution in [1.82, 2.24) is 4.90 Å². The number of hydrogen-bond acceptors (Lipinski definition) is 4. The Labute approximate surface area is 97.6 Å². The fraction of sp³-hybridized carbons (Fsp3) is 0.917. The monoisotopic (exact) mass is 229 g/mol. The Hall–Kier alpha value is -0.610. The van der Waals surface area contributed by atoms with Crippen molar-refractivity contribution in [3.63, 3.8) is 0 Å². The van der Waals surface area contributed by atoms with Crippen LogP contribution < -0.4 is 0 Å². The lowest BCUT2D eigenvalue weighted by Crippen LogP contribution is -2.35. The number of nitrogens with zero attached hydrogens (tertiary/aromatic N) is 1. The number of methoxy groups -OCH3 is 1. The number of aliphatic hydroxyl groups excluding tert-OH is 1. The molecule has 0 amide bonds. The first-order valence-corrected chi connectivity index (χ1v) is 6.19. The van der Waals surface area contributed by atoms with Crippen LogP contribution in [0.4, 0.5) is 0 Å². The summed E-state index contributed by atoms with van der Waals surface area (Å²) >= 11 is 0. The van der Waals surface area contributed by atoms with Crippen LogP contribution in [0.15, 0.2) is 0 Å². The van der Waals surface area contributed by atoms with Crippen molar-refractivity contribution in [2.45, 2.75) is 32.1 Å². The van der Waals surface area contributed by atoms with E-state index >= 15 is 0 Å². The van der Waals surface area contributed by atoms with Gasteiger partial charge in [0.1, 0.15) is 0 Å². The molecule has 1 unspecified atom stereocenters. The lowest BCUT2D eigenvalue weighted by molar-refractivity contribution is -0.146. The van der Waals surface area contributed by atoms with Gasteiger partial charge >= 0.3 is 5.97 Å². The quantitative estimate of drug-likeness (QED) is 0.715. The zero-order valence-corrected chi connectivity index (χ0v) is 10.2. The van der Waals surface area contributed by atoms with Crippen LogP contribution in [0.25, 0.3) is 0 Å². The van der Waals surface area contributed by atoms with Gasteiger partial charge in [-0.2, -0.15) is 0 Å². The summed E-state index contributed by atoms with van der Waals surface area (Å²) in [5.74, 6) is -0.369. The molecule has 4 nitrogen and oxygen atoms in total. The number of carbonyl (C=O) groups is 1. The lowest BCUT2D eigenvalue weighted by atomic mass is 10.1. The van der Waals surface area contributed by atoms with Gasteiger partial charge in [0.25, 0.3) is 0 Å². The van der Waals surface area contributed by atoms with Crippen molar-refractivity contribution >= 4 is 5.97 Å². The van der Waals surface area contributed by atoms with Crippen molar-refractivity contribution in [1.29, 1.82) is 0 Å². The number of likely N-dealkylation sites (tertiary alicyclic amines) is 1. The summed E-state index contributed by atoms with van der Waals surface area (Å²) in [5, 5.41) is 8.94. The lowest BCUT2D eigenvalue weighted by Gasteiger charge is -2.24. The first-order chi connectivity index (χ1) is 7.77. The molecule has 0 aromatic carbocycles. The van der Waals surface area contributed by atoms with E-state index in [0.29, 0.717) is 6.42 Å². The van der Waals surface area contributed by atoms with Crippen LogP contribution in [0.5, 0.6) is 0 Å². The van der Waals surface area contributed by atoms with Crippen LogP contribution in [-0.2, 0) is 9.53 Å². The Bertz CT molecular complexity index is 200. The van der Waals surface area contributed by atoms with Crippen LogP contribution in [0, 0.1) is 5.92 Å². The summed E-state index contributed by atoms with van der Waals surface area (Å²) in [6.45, 7) is 2.92. The largest absolute Gasteiger partial charge is 0.469 e. The number of hydrogen-bond donors (Lipinski definition) is 1. The van der Waals surface area contributed by atoms with Crippen LogP contribution in [-0.4, -0.2) is 49.3 Å². The Balaban J connectivity index is 2.42. The molecule has 0 aliphatic carbocycles. The van der Waals surface area contributed by atoms with Gasteiger partial charge in [-0.1, -0.05) is 12.8 Å². The van der Waals surface area contributed by atoms with Crippen molar-refractivity contribution in [2.24, 2.45) is 5.92 Å². The van der Waals surface area contributed by atoms with Crippen LogP contribution in [0.1, 0.15) is 32.1 Å². The Kier molecular flexibility index (Phi) is 6.42. The van der Waals surface area contributed by atoms with E-state index in [1.807, 2.05) is 0 Å². The molecule has 0 radical (unpaired) electrons. The molecule has 0 saturated carbocycles. The molecule has 1 rings (SSSR count). The normalized spacial score (nSPS) is 20.1.